The van der Waals surface area contributed by atoms with Crippen LogP contribution in [0, 0.1) is 0 Å². The summed E-state index contributed by atoms with van der Waals surface area (Å²) >= 11 is 0. The first-order chi connectivity index (χ1) is 9.92. The Morgan fingerprint density at radius 1 is 1.14 bits per heavy atom. The Hall–Kier alpha value is -2.28. The molecular formula is C14H16N2O4S. The third kappa shape index (κ3) is 3.63. The van der Waals surface area contributed by atoms with Crippen molar-refractivity contribution in [1.29, 1.82) is 0 Å². The van der Waals surface area contributed by atoms with Gasteiger partial charge in [0.2, 0.25) is 0 Å². The number of methoxy groups -OCH3 is 1. The number of hydrogen-bond acceptors (Lipinski definition) is 5. The van der Waals surface area contributed by atoms with Crippen LogP contribution in [0.1, 0.15) is 0 Å². The molecule has 6 nitrogen and oxygen atoms in total. The first-order valence-electron chi connectivity index (χ1n) is 6.25. The van der Waals surface area contributed by atoms with E-state index in [1.54, 1.807) is 12.1 Å². The first-order valence-corrected chi connectivity index (χ1v) is 7.90. The highest BCUT2D eigenvalue weighted by Crippen LogP contribution is 2.16. The Morgan fingerprint density at radius 2 is 1.81 bits per heavy atom. The number of hydrogen-bond donors (Lipinski definition) is 1. The van der Waals surface area contributed by atoms with E-state index in [-0.39, 0.29) is 22.8 Å². The minimum Gasteiger partial charge on any atom is -0.497 e. The van der Waals surface area contributed by atoms with Gasteiger partial charge >= 0.3 is 0 Å². The molecule has 0 aliphatic rings. The largest absolute Gasteiger partial charge is 0.497 e. The number of benzene rings is 1. The topological polar surface area (TPSA) is 91.4 Å². The Labute approximate surface area is 122 Å². The van der Waals surface area contributed by atoms with Crippen molar-refractivity contribution in [3.63, 3.8) is 0 Å². The summed E-state index contributed by atoms with van der Waals surface area (Å²) in [5, 5.41) is 0. The average Bonchev–Trinajstić information content (AvgIpc) is 2.48. The van der Waals surface area contributed by atoms with Gasteiger partial charge in [-0.1, -0.05) is 0 Å². The molecule has 0 spiro atoms. The summed E-state index contributed by atoms with van der Waals surface area (Å²) in [5.74, 6) is 0.406. The van der Waals surface area contributed by atoms with Crippen LogP contribution in [-0.2, 0) is 16.4 Å². The fourth-order valence-corrected chi connectivity index (χ4v) is 3.07. The lowest BCUT2D eigenvalue weighted by molar-refractivity contribution is 0.414. The highest BCUT2D eigenvalue weighted by atomic mass is 32.2. The van der Waals surface area contributed by atoms with Crippen molar-refractivity contribution in [2.75, 3.05) is 18.6 Å². The Kier molecular flexibility index (Phi) is 4.32. The molecule has 0 unspecified atom stereocenters. The first kappa shape index (κ1) is 15.1. The Balaban J connectivity index is 2.17. The zero-order valence-electron chi connectivity index (χ0n) is 11.5. The van der Waals surface area contributed by atoms with Gasteiger partial charge in [-0.05, 0) is 30.3 Å². The minimum atomic E-state index is -3.47. The summed E-state index contributed by atoms with van der Waals surface area (Å²) in [6.45, 7) is 0.0538. The van der Waals surface area contributed by atoms with Crippen molar-refractivity contribution in [2.45, 2.75) is 11.4 Å². The molecule has 0 atom stereocenters. The molecule has 1 aromatic carbocycles. The van der Waals surface area contributed by atoms with Crippen LogP contribution in [0.5, 0.6) is 5.75 Å². The average molecular weight is 308 g/mol. The molecule has 0 saturated heterocycles. The molecule has 0 saturated carbocycles. The van der Waals surface area contributed by atoms with Gasteiger partial charge in [0, 0.05) is 24.5 Å². The zero-order chi connectivity index (χ0) is 15.5. The van der Waals surface area contributed by atoms with Crippen LogP contribution in [-0.4, -0.2) is 25.8 Å². The summed E-state index contributed by atoms with van der Waals surface area (Å²) in [6.07, 6.45) is 1.44. The molecule has 0 amide bonds. The SMILES string of the molecule is COc1ccc(S(=O)(=O)CCn2cc(N)ccc2=O)cc1. The van der Waals surface area contributed by atoms with Gasteiger partial charge in [0.1, 0.15) is 5.75 Å². The van der Waals surface area contributed by atoms with Gasteiger partial charge in [-0.25, -0.2) is 8.42 Å². The predicted octanol–water partition coefficient (Wildman–Crippen LogP) is 0.913. The monoisotopic (exact) mass is 308 g/mol. The summed E-state index contributed by atoms with van der Waals surface area (Å²) in [4.78, 5) is 11.8. The second kappa shape index (κ2) is 6.01. The Morgan fingerprint density at radius 3 is 2.43 bits per heavy atom. The van der Waals surface area contributed by atoms with Crippen LogP contribution in [0.25, 0.3) is 0 Å². The van der Waals surface area contributed by atoms with Crippen molar-refractivity contribution in [2.24, 2.45) is 0 Å². The van der Waals surface area contributed by atoms with E-state index in [0.29, 0.717) is 11.4 Å². The van der Waals surface area contributed by atoms with Crippen molar-refractivity contribution >= 4 is 15.5 Å². The number of nitrogen functional groups attached to an aromatic ring is 1. The van der Waals surface area contributed by atoms with E-state index in [2.05, 4.69) is 0 Å². The molecule has 2 aromatic rings. The molecule has 2 rings (SSSR count). The highest BCUT2D eigenvalue weighted by molar-refractivity contribution is 7.91. The molecule has 0 fully saturated rings. The van der Waals surface area contributed by atoms with Crippen LogP contribution in [0.4, 0.5) is 5.69 Å². The summed E-state index contributed by atoms with van der Waals surface area (Å²) in [5.41, 5.74) is 5.72. The lowest BCUT2D eigenvalue weighted by atomic mass is 10.3. The molecule has 0 aliphatic heterocycles. The predicted molar refractivity (Wildman–Crippen MR) is 80.2 cm³/mol. The standard InChI is InChI=1S/C14H16N2O4S/c1-20-12-3-5-13(6-4-12)21(18,19)9-8-16-10-11(15)2-7-14(16)17/h2-7,10H,8-9,15H2,1H3. The van der Waals surface area contributed by atoms with Crippen LogP contribution in [0.3, 0.4) is 0 Å². The van der Waals surface area contributed by atoms with Gasteiger partial charge in [-0.15, -0.1) is 0 Å². The van der Waals surface area contributed by atoms with Crippen LogP contribution < -0.4 is 16.0 Å². The third-order valence-electron chi connectivity index (χ3n) is 3.03. The highest BCUT2D eigenvalue weighted by Gasteiger charge is 2.14. The van der Waals surface area contributed by atoms with E-state index < -0.39 is 9.84 Å². The van der Waals surface area contributed by atoms with Gasteiger partial charge in [-0.3, -0.25) is 4.79 Å². The molecule has 0 bridgehead atoms. The quantitative estimate of drug-likeness (QED) is 0.886. The van der Waals surface area contributed by atoms with Gasteiger partial charge in [-0.2, -0.15) is 0 Å². The fourth-order valence-electron chi connectivity index (χ4n) is 1.84. The molecule has 2 N–H and O–H groups in total. The molecule has 0 aliphatic carbocycles. The van der Waals surface area contributed by atoms with Gasteiger partial charge in [0.05, 0.1) is 17.8 Å². The molecule has 0 radical (unpaired) electrons. The maximum absolute atomic E-state index is 12.2. The molecule has 1 heterocycles. The van der Waals surface area contributed by atoms with E-state index >= 15 is 0 Å². The molecule has 1 aromatic heterocycles. The third-order valence-corrected chi connectivity index (χ3v) is 4.74. The maximum Gasteiger partial charge on any atom is 0.250 e. The molecule has 7 heteroatoms. The lowest BCUT2D eigenvalue weighted by Crippen LogP contribution is -2.23. The number of nitrogens with zero attached hydrogens (tertiary/aromatic N) is 1. The zero-order valence-corrected chi connectivity index (χ0v) is 12.3. The van der Waals surface area contributed by atoms with Crippen molar-refractivity contribution in [3.8, 4) is 5.75 Å². The number of aryl methyl sites for hydroxylation is 1. The molecule has 112 valence electrons. The maximum atomic E-state index is 12.2. The normalized spacial score (nSPS) is 11.3. The Bertz CT molecular complexity index is 779. The van der Waals surface area contributed by atoms with E-state index in [1.165, 1.54) is 42.1 Å². The second-order valence-electron chi connectivity index (χ2n) is 4.49. The van der Waals surface area contributed by atoms with Crippen molar-refractivity contribution < 1.29 is 13.2 Å². The summed E-state index contributed by atoms with van der Waals surface area (Å²) < 4.78 is 30.7. The van der Waals surface area contributed by atoms with Crippen molar-refractivity contribution in [3.05, 3.63) is 52.9 Å². The van der Waals surface area contributed by atoms with Gasteiger partial charge in [0.25, 0.3) is 5.56 Å². The van der Waals surface area contributed by atoms with E-state index in [9.17, 15) is 13.2 Å². The fraction of sp³-hybridized carbons (Fsp3) is 0.214. The molecular weight excluding hydrogens is 292 g/mol. The van der Waals surface area contributed by atoms with E-state index in [4.69, 9.17) is 10.5 Å². The van der Waals surface area contributed by atoms with Crippen LogP contribution in [0.15, 0.2) is 52.3 Å². The number of sulfone groups is 1. The van der Waals surface area contributed by atoms with E-state index in [1.807, 2.05) is 0 Å². The van der Waals surface area contributed by atoms with Crippen LogP contribution >= 0.6 is 0 Å². The number of pyridine rings is 1. The summed E-state index contributed by atoms with van der Waals surface area (Å²) in [6, 6.07) is 8.93. The number of rotatable bonds is 5. The number of anilines is 1. The smallest absolute Gasteiger partial charge is 0.250 e. The number of ether oxygens (including phenoxy) is 1. The van der Waals surface area contributed by atoms with Gasteiger partial charge < -0.3 is 15.0 Å². The number of aromatic nitrogens is 1. The number of nitrogens with two attached hydrogens (primary N) is 1. The second-order valence-corrected chi connectivity index (χ2v) is 6.60. The summed E-state index contributed by atoms with van der Waals surface area (Å²) in [7, 11) is -1.96. The lowest BCUT2D eigenvalue weighted by Gasteiger charge is -2.08. The van der Waals surface area contributed by atoms with E-state index in [0.717, 1.165) is 0 Å². The molecule has 21 heavy (non-hydrogen) atoms. The minimum absolute atomic E-state index is 0.0538. The van der Waals surface area contributed by atoms with Gasteiger partial charge in [0.15, 0.2) is 9.84 Å². The van der Waals surface area contributed by atoms with Crippen molar-refractivity contribution in [1.82, 2.24) is 4.57 Å². The van der Waals surface area contributed by atoms with Crippen LogP contribution in [0.2, 0.25) is 0 Å².